The van der Waals surface area contributed by atoms with Gasteiger partial charge in [0.2, 0.25) is 0 Å². The van der Waals surface area contributed by atoms with Gasteiger partial charge in [0.15, 0.2) is 0 Å². The predicted octanol–water partition coefficient (Wildman–Crippen LogP) is 0.170. The van der Waals surface area contributed by atoms with Crippen molar-refractivity contribution in [2.45, 2.75) is 0 Å². The Hall–Kier alpha value is -2.18. The summed E-state index contributed by atoms with van der Waals surface area (Å²) in [5, 5.41) is 10.4. The number of H-pyrrole nitrogens is 1. The van der Waals surface area contributed by atoms with E-state index in [0.717, 1.165) is 0 Å². The number of aromatic amines is 1. The van der Waals surface area contributed by atoms with E-state index in [1.54, 1.807) is 7.05 Å². The minimum absolute atomic E-state index is 0.228. The van der Waals surface area contributed by atoms with Crippen molar-refractivity contribution in [3.8, 4) is 0 Å². The summed E-state index contributed by atoms with van der Waals surface area (Å²) < 4.78 is 1.34. The zero-order valence-corrected chi connectivity index (χ0v) is 7.22. The molecule has 0 radical (unpaired) electrons. The minimum Gasteiger partial charge on any atom is -0.358 e. The molecule has 1 N–H and O–H groups in total. The van der Waals surface area contributed by atoms with Crippen molar-refractivity contribution in [2.24, 2.45) is 7.05 Å². The van der Waals surface area contributed by atoms with E-state index in [1.807, 2.05) is 0 Å². The molecule has 7 heteroatoms. The first kappa shape index (κ1) is 8.42. The Morgan fingerprint density at radius 1 is 1.57 bits per heavy atom. The van der Waals surface area contributed by atoms with Crippen molar-refractivity contribution in [1.82, 2.24) is 14.5 Å². The molecule has 0 saturated heterocycles. The van der Waals surface area contributed by atoms with E-state index in [0.29, 0.717) is 5.52 Å². The highest BCUT2D eigenvalue weighted by atomic mass is 16.6. The molecule has 2 aromatic rings. The van der Waals surface area contributed by atoms with Gasteiger partial charge in [-0.05, 0) is 16.0 Å². The second kappa shape index (κ2) is 2.66. The topological polar surface area (TPSA) is 93.8 Å². The smallest absolute Gasteiger partial charge is 0.358 e. The molecule has 0 unspecified atom stereocenters. The van der Waals surface area contributed by atoms with Crippen molar-refractivity contribution in [1.29, 1.82) is 0 Å². The molecule has 0 amide bonds. The number of nitrogens with zero attached hydrogens (tertiary/aromatic N) is 3. The largest absolute Gasteiger partial charge is 0.366 e. The summed E-state index contributed by atoms with van der Waals surface area (Å²) in [5.41, 5.74) is 0.431. The monoisotopic (exact) mass is 194 g/mol. The van der Waals surface area contributed by atoms with Crippen LogP contribution in [0.25, 0.3) is 11.2 Å². The van der Waals surface area contributed by atoms with Crippen LogP contribution in [-0.2, 0) is 7.05 Å². The van der Waals surface area contributed by atoms with Crippen molar-refractivity contribution in [3.63, 3.8) is 0 Å². The van der Waals surface area contributed by atoms with Gasteiger partial charge in [0.25, 0.3) is 5.65 Å². The van der Waals surface area contributed by atoms with Crippen LogP contribution in [0.3, 0.4) is 0 Å². The molecule has 0 spiro atoms. The molecule has 0 aromatic carbocycles. The third-order valence-corrected chi connectivity index (χ3v) is 1.94. The van der Waals surface area contributed by atoms with Crippen molar-refractivity contribution < 1.29 is 4.92 Å². The molecule has 0 aliphatic carbocycles. The quantitative estimate of drug-likeness (QED) is 0.517. The zero-order chi connectivity index (χ0) is 10.3. The third kappa shape index (κ3) is 1.06. The van der Waals surface area contributed by atoms with Gasteiger partial charge in [0.1, 0.15) is 5.52 Å². The summed E-state index contributed by atoms with van der Waals surface area (Å²) in [5.74, 6) is -0.278. The van der Waals surface area contributed by atoms with Crippen LogP contribution in [0.5, 0.6) is 0 Å². The summed E-state index contributed by atoms with van der Waals surface area (Å²) in [7, 11) is 1.56. The number of rotatable bonds is 1. The Bertz CT molecular complexity index is 568. The lowest BCUT2D eigenvalue weighted by molar-refractivity contribution is -0.389. The van der Waals surface area contributed by atoms with Gasteiger partial charge in [-0.25, -0.2) is 4.79 Å². The number of fused-ring (bicyclic) bond motifs is 1. The molecule has 2 aromatic heterocycles. The van der Waals surface area contributed by atoms with Gasteiger partial charge >= 0.3 is 11.5 Å². The van der Waals surface area contributed by atoms with Gasteiger partial charge in [-0.3, -0.25) is 9.55 Å². The number of imidazole rings is 1. The second-order valence-corrected chi connectivity index (χ2v) is 2.78. The fourth-order valence-electron chi connectivity index (χ4n) is 1.20. The number of aromatic nitrogens is 3. The standard InChI is InChI=1S/C7H6N4O3/c1-10-4-2-3-5(11(13)14)8-6(4)9-7(10)12/h2-3H,1H3,(H,8,9,12). The SMILES string of the molecule is Cn1c(=O)[nH]c2nc([N+](=O)[O-])ccc21. The maximum atomic E-state index is 11.1. The average molecular weight is 194 g/mol. The molecule has 0 fully saturated rings. The maximum absolute atomic E-state index is 11.1. The molecule has 0 atom stereocenters. The molecule has 0 aliphatic rings. The van der Waals surface area contributed by atoms with E-state index in [9.17, 15) is 14.9 Å². The lowest BCUT2D eigenvalue weighted by Gasteiger charge is -1.91. The molecule has 14 heavy (non-hydrogen) atoms. The third-order valence-electron chi connectivity index (χ3n) is 1.94. The van der Waals surface area contributed by atoms with Crippen LogP contribution in [0, 0.1) is 10.1 Å². The normalized spacial score (nSPS) is 10.6. The van der Waals surface area contributed by atoms with E-state index in [1.165, 1.54) is 16.7 Å². The number of nitrogens with one attached hydrogen (secondary N) is 1. The summed E-state index contributed by atoms with van der Waals surface area (Å²) in [6.07, 6.45) is 0. The second-order valence-electron chi connectivity index (χ2n) is 2.78. The van der Waals surface area contributed by atoms with Crippen LogP contribution in [0.2, 0.25) is 0 Å². The summed E-state index contributed by atoms with van der Waals surface area (Å²) in [6, 6.07) is 2.74. The Morgan fingerprint density at radius 2 is 2.29 bits per heavy atom. The highest BCUT2D eigenvalue weighted by Crippen LogP contribution is 2.12. The van der Waals surface area contributed by atoms with Crippen LogP contribution < -0.4 is 5.69 Å². The van der Waals surface area contributed by atoms with Gasteiger partial charge in [-0.15, -0.1) is 0 Å². The van der Waals surface area contributed by atoms with Crippen molar-refractivity contribution in [2.75, 3.05) is 0 Å². The number of hydrogen-bond donors (Lipinski definition) is 1. The lowest BCUT2D eigenvalue weighted by Crippen LogP contribution is -2.11. The van der Waals surface area contributed by atoms with E-state index in [4.69, 9.17) is 0 Å². The Labute approximate surface area is 77.2 Å². The summed E-state index contributed by atoms with van der Waals surface area (Å²) >= 11 is 0. The Balaban J connectivity index is 2.80. The zero-order valence-electron chi connectivity index (χ0n) is 7.22. The molecule has 2 rings (SSSR count). The van der Waals surface area contributed by atoms with E-state index < -0.39 is 4.92 Å². The molecule has 7 nitrogen and oxygen atoms in total. The first-order chi connectivity index (χ1) is 6.59. The number of nitro groups is 1. The first-order valence-electron chi connectivity index (χ1n) is 3.80. The van der Waals surface area contributed by atoms with Gasteiger partial charge in [-0.1, -0.05) is 0 Å². The van der Waals surface area contributed by atoms with Crippen LogP contribution >= 0.6 is 0 Å². The van der Waals surface area contributed by atoms with Crippen LogP contribution in [0.1, 0.15) is 0 Å². The highest BCUT2D eigenvalue weighted by molar-refractivity contribution is 5.71. The van der Waals surface area contributed by atoms with E-state index in [-0.39, 0.29) is 17.2 Å². The maximum Gasteiger partial charge on any atom is 0.366 e. The van der Waals surface area contributed by atoms with Crippen LogP contribution in [0.15, 0.2) is 16.9 Å². The first-order valence-corrected chi connectivity index (χ1v) is 3.80. The lowest BCUT2D eigenvalue weighted by atomic mass is 10.4. The minimum atomic E-state index is -0.606. The predicted molar refractivity (Wildman–Crippen MR) is 48.0 cm³/mol. The number of pyridine rings is 1. The highest BCUT2D eigenvalue weighted by Gasteiger charge is 2.13. The van der Waals surface area contributed by atoms with Gasteiger partial charge in [0.05, 0.1) is 0 Å². The van der Waals surface area contributed by atoms with Crippen LogP contribution in [-0.4, -0.2) is 19.5 Å². The van der Waals surface area contributed by atoms with E-state index in [2.05, 4.69) is 9.97 Å². The molecular weight excluding hydrogens is 188 g/mol. The van der Waals surface area contributed by atoms with Gasteiger partial charge in [0, 0.05) is 13.1 Å². The van der Waals surface area contributed by atoms with E-state index >= 15 is 0 Å². The summed E-state index contributed by atoms with van der Waals surface area (Å²) in [6.45, 7) is 0. The van der Waals surface area contributed by atoms with Gasteiger partial charge in [-0.2, -0.15) is 0 Å². The summed E-state index contributed by atoms with van der Waals surface area (Å²) in [4.78, 5) is 27.0. The fourth-order valence-corrected chi connectivity index (χ4v) is 1.20. The van der Waals surface area contributed by atoms with Crippen molar-refractivity contribution in [3.05, 3.63) is 32.7 Å². The molecule has 72 valence electrons. The Kier molecular flexibility index (Phi) is 1.60. The van der Waals surface area contributed by atoms with Gasteiger partial charge < -0.3 is 10.1 Å². The Morgan fingerprint density at radius 3 is 2.93 bits per heavy atom. The molecule has 2 heterocycles. The molecular formula is C7H6N4O3. The molecule has 0 aliphatic heterocycles. The average Bonchev–Trinajstić information content (AvgIpc) is 2.42. The molecule has 0 bridgehead atoms. The fraction of sp³-hybridized carbons (Fsp3) is 0.143. The van der Waals surface area contributed by atoms with Crippen molar-refractivity contribution >= 4 is 17.0 Å². The molecule has 0 saturated carbocycles. The number of aryl methyl sites for hydroxylation is 1. The van der Waals surface area contributed by atoms with Crippen LogP contribution in [0.4, 0.5) is 5.82 Å². The number of hydrogen-bond acceptors (Lipinski definition) is 4.